The number of imidazole rings is 1. The van der Waals surface area contributed by atoms with E-state index >= 15 is 0 Å². The lowest BCUT2D eigenvalue weighted by molar-refractivity contribution is -0.0694. The van der Waals surface area contributed by atoms with Crippen molar-refractivity contribution in [3.63, 3.8) is 0 Å². The van der Waals surface area contributed by atoms with Crippen molar-refractivity contribution >= 4 is 17.1 Å². The lowest BCUT2D eigenvalue weighted by Gasteiger charge is -2.51. The Morgan fingerprint density at radius 2 is 1.85 bits per heavy atom. The van der Waals surface area contributed by atoms with Gasteiger partial charge in [-0.1, -0.05) is 12.1 Å². The molecule has 0 spiro atoms. The summed E-state index contributed by atoms with van der Waals surface area (Å²) in [6.07, 6.45) is 5.01. The number of benzene rings is 2. The number of carbonyl (C=O) groups is 1. The predicted molar refractivity (Wildman–Crippen MR) is 123 cm³/mol. The number of amides is 2. The van der Waals surface area contributed by atoms with Gasteiger partial charge in [0.05, 0.1) is 29.8 Å². The van der Waals surface area contributed by atoms with Gasteiger partial charge in [-0.3, -0.25) is 0 Å². The Balaban J connectivity index is 1.37. The molecule has 174 valence electrons. The Morgan fingerprint density at radius 3 is 2.52 bits per heavy atom. The Labute approximate surface area is 191 Å². The Kier molecular flexibility index (Phi) is 5.48. The van der Waals surface area contributed by atoms with Crippen LogP contribution in [-0.4, -0.2) is 39.4 Å². The van der Waals surface area contributed by atoms with E-state index < -0.39 is 11.6 Å². The van der Waals surface area contributed by atoms with Crippen LogP contribution in [0.25, 0.3) is 11.0 Å². The van der Waals surface area contributed by atoms with Crippen LogP contribution in [-0.2, 0) is 6.42 Å². The molecule has 7 nitrogen and oxygen atoms in total. The maximum atomic E-state index is 13.7. The number of methoxy groups -OCH3 is 1. The lowest BCUT2D eigenvalue weighted by Crippen LogP contribution is -2.60. The third kappa shape index (κ3) is 4.53. The molecule has 3 aliphatic rings. The number of nitrogens with one attached hydrogen (secondary N) is 3. The van der Waals surface area contributed by atoms with Crippen molar-refractivity contribution in [1.82, 2.24) is 20.6 Å². The standard InChI is InChI=1S/C25H29FN4O3/c1-33-18-5-2-16(3-6-18)14-21(22-27-19-7-4-17(26)15-20(19)28-22)29-23(31)30-24-8-11-25(32,12-9-24)13-10-24/h2-7,15,21,32H,8-14H2,1H3,(H,27,28)(H2,29,30,31)/t21-,24?,25?/m1/s1. The minimum absolute atomic E-state index is 0.257. The number of hydrogen-bond acceptors (Lipinski definition) is 4. The first-order valence-electron chi connectivity index (χ1n) is 11.4. The minimum atomic E-state index is -0.555. The van der Waals surface area contributed by atoms with Crippen molar-refractivity contribution < 1.29 is 19.0 Å². The fourth-order valence-electron chi connectivity index (χ4n) is 5.17. The van der Waals surface area contributed by atoms with Crippen LogP contribution in [0, 0.1) is 5.82 Å². The highest BCUT2D eigenvalue weighted by atomic mass is 19.1. The van der Waals surface area contributed by atoms with Crippen LogP contribution < -0.4 is 15.4 Å². The predicted octanol–water partition coefficient (Wildman–Crippen LogP) is 4.13. The molecule has 3 aliphatic carbocycles. The number of aromatic amines is 1. The van der Waals surface area contributed by atoms with Gasteiger partial charge < -0.3 is 25.5 Å². The van der Waals surface area contributed by atoms with Gasteiger partial charge in [-0.25, -0.2) is 14.2 Å². The Morgan fingerprint density at radius 1 is 1.15 bits per heavy atom. The SMILES string of the molecule is COc1ccc(C[C@@H](NC(=O)NC23CCC(O)(CC2)CC3)c2nc3ccc(F)cc3[nH]2)cc1. The number of rotatable bonds is 6. The summed E-state index contributed by atoms with van der Waals surface area (Å²) < 4.78 is 18.9. The number of nitrogens with zero attached hydrogens (tertiary/aromatic N) is 1. The van der Waals surface area contributed by atoms with Crippen LogP contribution in [0.15, 0.2) is 42.5 Å². The van der Waals surface area contributed by atoms with Gasteiger partial charge in [-0.15, -0.1) is 0 Å². The number of ether oxygens (including phenoxy) is 1. The third-order valence-corrected chi connectivity index (χ3v) is 7.28. The molecular formula is C25H29FN4O3. The van der Waals surface area contributed by atoms with E-state index in [1.54, 1.807) is 13.2 Å². The summed E-state index contributed by atoms with van der Waals surface area (Å²) >= 11 is 0. The van der Waals surface area contributed by atoms with Crippen LogP contribution in [0.1, 0.15) is 56.0 Å². The zero-order chi connectivity index (χ0) is 23.1. The first-order chi connectivity index (χ1) is 15.9. The highest BCUT2D eigenvalue weighted by molar-refractivity contribution is 5.77. The number of aromatic nitrogens is 2. The molecule has 33 heavy (non-hydrogen) atoms. The van der Waals surface area contributed by atoms with Crippen LogP contribution in [0.4, 0.5) is 9.18 Å². The molecular weight excluding hydrogens is 423 g/mol. The molecule has 6 rings (SSSR count). The molecule has 3 aromatic rings. The van der Waals surface area contributed by atoms with E-state index in [4.69, 9.17) is 4.74 Å². The fraction of sp³-hybridized carbons (Fsp3) is 0.440. The topological polar surface area (TPSA) is 99.3 Å². The van der Waals surface area contributed by atoms with Crippen molar-refractivity contribution in [2.24, 2.45) is 0 Å². The van der Waals surface area contributed by atoms with E-state index in [2.05, 4.69) is 20.6 Å². The molecule has 4 N–H and O–H groups in total. The second-order valence-electron chi connectivity index (χ2n) is 9.49. The average Bonchev–Trinajstić information content (AvgIpc) is 3.23. The molecule has 0 aliphatic heterocycles. The molecule has 0 saturated heterocycles. The first kappa shape index (κ1) is 21.7. The lowest BCUT2D eigenvalue weighted by atomic mass is 9.63. The van der Waals surface area contributed by atoms with E-state index in [9.17, 15) is 14.3 Å². The van der Waals surface area contributed by atoms with Crippen molar-refractivity contribution in [2.75, 3.05) is 7.11 Å². The van der Waals surface area contributed by atoms with Crippen LogP contribution in [0.5, 0.6) is 5.75 Å². The van der Waals surface area contributed by atoms with Gasteiger partial charge in [-0.05, 0) is 80.8 Å². The second kappa shape index (κ2) is 8.33. The number of hydrogen-bond donors (Lipinski definition) is 4. The summed E-state index contributed by atoms with van der Waals surface area (Å²) in [6, 6.07) is 11.4. The Bertz CT molecular complexity index is 1140. The fourth-order valence-corrected chi connectivity index (χ4v) is 5.17. The highest BCUT2D eigenvalue weighted by Crippen LogP contribution is 2.46. The molecule has 3 fully saturated rings. The van der Waals surface area contributed by atoms with Gasteiger partial charge in [0, 0.05) is 5.54 Å². The summed E-state index contributed by atoms with van der Waals surface area (Å²) in [5.74, 6) is 0.985. The number of carbonyl (C=O) groups excluding carboxylic acids is 1. The van der Waals surface area contributed by atoms with E-state index in [0.29, 0.717) is 23.3 Å². The molecule has 1 atom stereocenters. The summed E-state index contributed by atoms with van der Waals surface area (Å²) in [5.41, 5.74) is 1.41. The van der Waals surface area contributed by atoms with E-state index in [-0.39, 0.29) is 17.4 Å². The van der Waals surface area contributed by atoms with Crippen LogP contribution >= 0.6 is 0 Å². The molecule has 3 saturated carbocycles. The molecule has 2 aromatic carbocycles. The molecule has 8 heteroatoms. The molecule has 2 bridgehead atoms. The number of fused-ring (bicyclic) bond motifs is 4. The van der Waals surface area contributed by atoms with Crippen LogP contribution in [0.3, 0.4) is 0 Å². The van der Waals surface area contributed by atoms with Crippen molar-refractivity contribution in [2.45, 2.75) is 62.1 Å². The summed E-state index contributed by atoms with van der Waals surface area (Å²) in [7, 11) is 1.62. The Hall–Kier alpha value is -3.13. The van der Waals surface area contributed by atoms with Crippen molar-refractivity contribution in [1.29, 1.82) is 0 Å². The normalized spacial score (nSPS) is 25.1. The molecule has 0 unspecified atom stereocenters. The molecule has 2 amide bonds. The monoisotopic (exact) mass is 452 g/mol. The maximum absolute atomic E-state index is 13.7. The molecule has 1 heterocycles. The van der Waals surface area contributed by atoms with Gasteiger partial charge in [-0.2, -0.15) is 0 Å². The quantitative estimate of drug-likeness (QED) is 0.452. The summed E-state index contributed by atoms with van der Waals surface area (Å²) in [6.45, 7) is 0. The van der Waals surface area contributed by atoms with Crippen molar-refractivity contribution in [3.8, 4) is 5.75 Å². The van der Waals surface area contributed by atoms with Gasteiger partial charge in [0.15, 0.2) is 0 Å². The van der Waals surface area contributed by atoms with E-state index in [0.717, 1.165) is 49.8 Å². The largest absolute Gasteiger partial charge is 0.497 e. The third-order valence-electron chi connectivity index (χ3n) is 7.28. The molecule has 0 radical (unpaired) electrons. The zero-order valence-corrected chi connectivity index (χ0v) is 18.7. The highest BCUT2D eigenvalue weighted by Gasteiger charge is 2.48. The second-order valence-corrected chi connectivity index (χ2v) is 9.49. The summed E-state index contributed by atoms with van der Waals surface area (Å²) in [4.78, 5) is 20.9. The smallest absolute Gasteiger partial charge is 0.315 e. The van der Waals surface area contributed by atoms with E-state index in [1.165, 1.54) is 12.1 Å². The van der Waals surface area contributed by atoms with Gasteiger partial charge in [0.25, 0.3) is 0 Å². The minimum Gasteiger partial charge on any atom is -0.497 e. The van der Waals surface area contributed by atoms with Gasteiger partial charge in [0.2, 0.25) is 0 Å². The average molecular weight is 453 g/mol. The summed E-state index contributed by atoms with van der Waals surface area (Å²) in [5, 5.41) is 16.8. The zero-order valence-electron chi connectivity index (χ0n) is 18.7. The maximum Gasteiger partial charge on any atom is 0.315 e. The van der Waals surface area contributed by atoms with Gasteiger partial charge in [0.1, 0.15) is 17.4 Å². The van der Waals surface area contributed by atoms with Gasteiger partial charge >= 0.3 is 6.03 Å². The van der Waals surface area contributed by atoms with E-state index in [1.807, 2.05) is 24.3 Å². The molecule has 1 aromatic heterocycles. The van der Waals surface area contributed by atoms with Crippen LogP contribution in [0.2, 0.25) is 0 Å². The first-order valence-corrected chi connectivity index (χ1v) is 11.4. The number of aliphatic hydroxyl groups is 1. The number of urea groups is 1. The number of H-pyrrole nitrogens is 1. The number of halogens is 1. The van der Waals surface area contributed by atoms with Crippen molar-refractivity contribution in [3.05, 3.63) is 59.7 Å².